The minimum atomic E-state index is -4.51. The second-order valence-electron chi connectivity index (χ2n) is 8.53. The summed E-state index contributed by atoms with van der Waals surface area (Å²) in [6.07, 6.45) is -1.86. The van der Waals surface area contributed by atoms with Gasteiger partial charge in [-0.3, -0.25) is 4.79 Å². The number of nitrogens with zero attached hydrogens (tertiary/aromatic N) is 1. The molecule has 1 aliphatic heterocycles. The van der Waals surface area contributed by atoms with E-state index in [2.05, 4.69) is 0 Å². The third-order valence-electron chi connectivity index (χ3n) is 5.50. The number of carbonyl (C=O) groups is 2. The normalized spacial score (nSPS) is 15.7. The predicted molar refractivity (Wildman–Crippen MR) is 116 cm³/mol. The van der Waals surface area contributed by atoms with Crippen LogP contribution in [0.4, 0.5) is 18.9 Å². The van der Waals surface area contributed by atoms with Crippen LogP contribution in [0.3, 0.4) is 0 Å². The minimum absolute atomic E-state index is 0.0156. The van der Waals surface area contributed by atoms with Crippen molar-refractivity contribution in [2.75, 3.05) is 18.6 Å². The molecular formula is C24H24F3NO4. The molecule has 1 heterocycles. The van der Waals surface area contributed by atoms with Gasteiger partial charge in [-0.2, -0.15) is 13.2 Å². The summed E-state index contributed by atoms with van der Waals surface area (Å²) in [5.74, 6) is -1.18. The van der Waals surface area contributed by atoms with Crippen molar-refractivity contribution >= 4 is 23.6 Å². The number of fused-ring (bicyclic) bond motifs is 1. The van der Waals surface area contributed by atoms with Crippen molar-refractivity contribution in [2.45, 2.75) is 38.8 Å². The first-order chi connectivity index (χ1) is 14.8. The molecule has 1 N–H and O–H groups in total. The van der Waals surface area contributed by atoms with E-state index in [1.807, 2.05) is 26.8 Å². The van der Waals surface area contributed by atoms with Crippen molar-refractivity contribution in [3.63, 3.8) is 0 Å². The fourth-order valence-electron chi connectivity index (χ4n) is 3.85. The molecule has 3 rings (SSSR count). The van der Waals surface area contributed by atoms with Crippen LogP contribution in [0.25, 0.3) is 17.2 Å². The van der Waals surface area contributed by atoms with Crippen LogP contribution in [0.1, 0.15) is 37.0 Å². The Balaban J connectivity index is 2.19. The Morgan fingerprint density at radius 1 is 1.22 bits per heavy atom. The largest absolute Gasteiger partial charge is 0.483 e. The molecule has 0 unspecified atom stereocenters. The molecule has 0 aromatic heterocycles. The third-order valence-corrected chi connectivity index (χ3v) is 5.50. The lowest BCUT2D eigenvalue weighted by molar-refractivity contribution is -0.153. The fourth-order valence-corrected chi connectivity index (χ4v) is 3.85. The van der Waals surface area contributed by atoms with E-state index in [-0.39, 0.29) is 17.1 Å². The molecule has 8 heteroatoms. The number of alkyl halides is 3. The molecule has 0 aliphatic carbocycles. The number of rotatable bonds is 5. The molecule has 0 spiro atoms. The topological polar surface area (TPSA) is 66.8 Å². The van der Waals surface area contributed by atoms with Crippen LogP contribution in [0.2, 0.25) is 0 Å². The Morgan fingerprint density at radius 2 is 1.91 bits per heavy atom. The van der Waals surface area contributed by atoms with Gasteiger partial charge in [0.1, 0.15) is 5.75 Å². The number of halogens is 3. The molecule has 1 amide bonds. The highest BCUT2D eigenvalue weighted by molar-refractivity contribution is 5.98. The number of anilines is 1. The van der Waals surface area contributed by atoms with E-state index in [4.69, 9.17) is 9.84 Å². The van der Waals surface area contributed by atoms with E-state index in [1.165, 1.54) is 18.2 Å². The van der Waals surface area contributed by atoms with Crippen molar-refractivity contribution in [1.82, 2.24) is 0 Å². The standard InChI is InChI=1S/C24H24F3NO4/c1-14-9-18-19(28(4)21(29)12-23(18,2)3)11-16(14)17-10-15(6-8-22(30)31)5-7-20(17)32-13-24(25,26)27/h5-11H,12-13H2,1-4H3,(H,30,31). The maximum atomic E-state index is 12.8. The van der Waals surface area contributed by atoms with Gasteiger partial charge in [0.15, 0.2) is 6.61 Å². The zero-order chi connectivity index (χ0) is 23.8. The molecule has 0 atom stereocenters. The van der Waals surface area contributed by atoms with Gasteiger partial charge in [0.05, 0.1) is 0 Å². The molecule has 2 aromatic carbocycles. The SMILES string of the molecule is Cc1cc2c(cc1-c1cc(C=CC(=O)O)ccc1OCC(F)(F)F)N(C)C(=O)CC2(C)C. The van der Waals surface area contributed by atoms with Gasteiger partial charge in [0, 0.05) is 36.2 Å². The zero-order valence-corrected chi connectivity index (χ0v) is 18.2. The van der Waals surface area contributed by atoms with Gasteiger partial charge in [-0.15, -0.1) is 0 Å². The second kappa shape index (κ2) is 8.33. The minimum Gasteiger partial charge on any atom is -0.483 e. The quantitative estimate of drug-likeness (QED) is 0.628. The summed E-state index contributed by atoms with van der Waals surface area (Å²) in [7, 11) is 1.67. The maximum absolute atomic E-state index is 12.8. The van der Waals surface area contributed by atoms with Crippen molar-refractivity contribution in [1.29, 1.82) is 0 Å². The molecule has 32 heavy (non-hydrogen) atoms. The fraction of sp³-hybridized carbons (Fsp3) is 0.333. The van der Waals surface area contributed by atoms with Crippen LogP contribution in [0.5, 0.6) is 5.75 Å². The molecule has 2 aromatic rings. The number of carboxylic acids is 1. The Bertz CT molecular complexity index is 1100. The van der Waals surface area contributed by atoms with Gasteiger partial charge in [-0.1, -0.05) is 26.0 Å². The molecule has 0 fully saturated rings. The molecule has 0 saturated heterocycles. The summed E-state index contributed by atoms with van der Waals surface area (Å²) in [5.41, 5.74) is 3.54. The average Bonchev–Trinajstić information content (AvgIpc) is 2.68. The highest BCUT2D eigenvalue weighted by atomic mass is 19.4. The van der Waals surface area contributed by atoms with Gasteiger partial charge in [-0.05, 0) is 53.5 Å². The molecule has 5 nitrogen and oxygen atoms in total. The molecule has 0 saturated carbocycles. The van der Waals surface area contributed by atoms with E-state index in [0.717, 1.165) is 17.2 Å². The number of carbonyl (C=O) groups excluding carboxylic acids is 1. The zero-order valence-electron chi connectivity index (χ0n) is 18.2. The van der Waals surface area contributed by atoms with Crippen molar-refractivity contribution < 1.29 is 32.6 Å². The Kier molecular flexibility index (Phi) is 6.09. The van der Waals surface area contributed by atoms with E-state index < -0.39 is 18.8 Å². The maximum Gasteiger partial charge on any atom is 0.422 e. The van der Waals surface area contributed by atoms with Gasteiger partial charge in [0.25, 0.3) is 0 Å². The number of benzene rings is 2. The molecular weight excluding hydrogens is 423 g/mol. The van der Waals surface area contributed by atoms with Gasteiger partial charge >= 0.3 is 12.1 Å². The predicted octanol–water partition coefficient (Wildman–Crippen LogP) is 5.35. The lowest BCUT2D eigenvalue weighted by Gasteiger charge is -2.37. The summed E-state index contributed by atoms with van der Waals surface area (Å²) >= 11 is 0. The van der Waals surface area contributed by atoms with Gasteiger partial charge < -0.3 is 14.7 Å². The summed E-state index contributed by atoms with van der Waals surface area (Å²) in [4.78, 5) is 24.9. The molecule has 170 valence electrons. The Morgan fingerprint density at radius 3 is 2.53 bits per heavy atom. The number of carboxylic acid groups (broad SMARTS) is 1. The van der Waals surface area contributed by atoms with Crippen LogP contribution in [0, 0.1) is 6.92 Å². The lowest BCUT2D eigenvalue weighted by Crippen LogP contribution is -2.39. The van der Waals surface area contributed by atoms with Crippen molar-refractivity contribution in [3.8, 4) is 16.9 Å². The number of hydrogen-bond donors (Lipinski definition) is 1. The number of aliphatic carboxylic acids is 1. The van der Waals surface area contributed by atoms with E-state index >= 15 is 0 Å². The molecule has 0 radical (unpaired) electrons. The number of hydrogen-bond acceptors (Lipinski definition) is 3. The number of amides is 1. The summed E-state index contributed by atoms with van der Waals surface area (Å²) in [6, 6.07) is 8.18. The van der Waals surface area contributed by atoms with Gasteiger partial charge in [-0.25, -0.2) is 4.79 Å². The molecule has 0 bridgehead atoms. The summed E-state index contributed by atoms with van der Waals surface area (Å²) < 4.78 is 43.5. The van der Waals surface area contributed by atoms with Crippen LogP contribution < -0.4 is 9.64 Å². The first-order valence-corrected chi connectivity index (χ1v) is 9.95. The van der Waals surface area contributed by atoms with E-state index in [1.54, 1.807) is 24.1 Å². The lowest BCUT2D eigenvalue weighted by atomic mass is 9.76. The highest BCUT2D eigenvalue weighted by Crippen LogP contribution is 2.44. The van der Waals surface area contributed by atoms with Crippen LogP contribution in [-0.2, 0) is 15.0 Å². The number of ether oxygens (including phenoxy) is 1. The summed E-state index contributed by atoms with van der Waals surface area (Å²) in [5, 5.41) is 8.90. The average molecular weight is 447 g/mol. The van der Waals surface area contributed by atoms with E-state index in [0.29, 0.717) is 28.8 Å². The Hall–Kier alpha value is -3.29. The first kappa shape index (κ1) is 23.4. The summed E-state index contributed by atoms with van der Waals surface area (Å²) in [6.45, 7) is 4.34. The molecule has 1 aliphatic rings. The monoisotopic (exact) mass is 447 g/mol. The van der Waals surface area contributed by atoms with Crippen LogP contribution in [0.15, 0.2) is 36.4 Å². The smallest absolute Gasteiger partial charge is 0.422 e. The van der Waals surface area contributed by atoms with Gasteiger partial charge in [0.2, 0.25) is 5.91 Å². The van der Waals surface area contributed by atoms with Crippen LogP contribution >= 0.6 is 0 Å². The van der Waals surface area contributed by atoms with E-state index in [9.17, 15) is 22.8 Å². The van der Waals surface area contributed by atoms with Crippen LogP contribution in [-0.4, -0.2) is 36.8 Å². The third kappa shape index (κ3) is 4.95. The Labute approximate surface area is 184 Å². The second-order valence-corrected chi connectivity index (χ2v) is 8.53. The highest BCUT2D eigenvalue weighted by Gasteiger charge is 2.36. The first-order valence-electron chi connectivity index (χ1n) is 9.95. The van der Waals surface area contributed by atoms with Crippen molar-refractivity contribution in [3.05, 3.63) is 53.1 Å². The van der Waals surface area contributed by atoms with Crippen molar-refractivity contribution in [2.24, 2.45) is 0 Å². The number of aryl methyl sites for hydroxylation is 1.